The molecule has 0 atom stereocenters. The van der Waals surface area contributed by atoms with Crippen molar-refractivity contribution in [3.63, 3.8) is 0 Å². The summed E-state index contributed by atoms with van der Waals surface area (Å²) in [4.78, 5) is 0. The first kappa shape index (κ1) is 16.7. The van der Waals surface area contributed by atoms with E-state index in [0.717, 1.165) is 0 Å². The molecular weight excluding hydrogens is 310 g/mol. The van der Waals surface area contributed by atoms with Gasteiger partial charge in [-0.1, -0.05) is 6.58 Å². The van der Waals surface area contributed by atoms with Crippen LogP contribution in [-0.2, 0) is 12.4 Å². The van der Waals surface area contributed by atoms with Crippen LogP contribution in [0, 0.1) is 0 Å². The highest BCUT2D eigenvalue weighted by Gasteiger charge is 2.37. The summed E-state index contributed by atoms with van der Waals surface area (Å²) in [5.41, 5.74) is -2.53. The van der Waals surface area contributed by atoms with Gasteiger partial charge in [-0.25, -0.2) is 0 Å². The van der Waals surface area contributed by atoms with E-state index in [4.69, 9.17) is 16.3 Å². The molecule has 0 aromatic heterocycles. The van der Waals surface area contributed by atoms with Crippen LogP contribution in [0.5, 0.6) is 5.75 Å². The summed E-state index contributed by atoms with van der Waals surface area (Å²) < 4.78 is 80.1. The zero-order valence-electron chi connectivity index (χ0n) is 9.91. The molecule has 0 aliphatic heterocycles. The van der Waals surface area contributed by atoms with Gasteiger partial charge in [0.25, 0.3) is 0 Å². The molecule has 0 saturated heterocycles. The van der Waals surface area contributed by atoms with Crippen molar-refractivity contribution in [2.45, 2.75) is 12.4 Å². The maximum atomic E-state index is 12.5. The van der Waals surface area contributed by atoms with Gasteiger partial charge in [-0.05, 0) is 23.8 Å². The molecule has 0 unspecified atom stereocenters. The maximum Gasteiger partial charge on any atom is 0.416 e. The molecule has 1 rings (SSSR count). The zero-order chi connectivity index (χ0) is 15.6. The minimum atomic E-state index is -4.90. The zero-order valence-corrected chi connectivity index (χ0v) is 10.7. The Kier molecular flexibility index (Phi) is 4.96. The topological polar surface area (TPSA) is 9.23 Å². The van der Waals surface area contributed by atoms with E-state index >= 15 is 0 Å². The molecule has 20 heavy (non-hydrogen) atoms. The second kappa shape index (κ2) is 5.95. The number of benzene rings is 1. The van der Waals surface area contributed by atoms with E-state index in [9.17, 15) is 26.3 Å². The van der Waals surface area contributed by atoms with Crippen LogP contribution in [0.2, 0.25) is 0 Å². The molecule has 8 heteroatoms. The molecule has 0 aliphatic carbocycles. The van der Waals surface area contributed by atoms with Crippen LogP contribution in [0.15, 0.2) is 30.4 Å². The van der Waals surface area contributed by atoms with Gasteiger partial charge in [0.05, 0.1) is 11.1 Å². The Morgan fingerprint density at radius 3 is 1.80 bits per heavy atom. The molecular formula is C12H9ClF6O. The average molecular weight is 319 g/mol. The standard InChI is InChI=1S/C12H9ClF6O/c1-7(5-13)6-20-10-3-8(11(14,15)16)2-9(4-10)12(17,18)19/h2-4H,1,5-6H2. The van der Waals surface area contributed by atoms with Gasteiger partial charge >= 0.3 is 12.4 Å². The van der Waals surface area contributed by atoms with Crippen LogP contribution in [0.1, 0.15) is 11.1 Å². The van der Waals surface area contributed by atoms with Crippen molar-refractivity contribution < 1.29 is 31.1 Å². The number of hydrogen-bond donors (Lipinski definition) is 0. The van der Waals surface area contributed by atoms with Crippen LogP contribution in [0.4, 0.5) is 26.3 Å². The molecule has 0 aliphatic rings. The first-order valence-corrected chi connectivity index (χ1v) is 5.72. The molecule has 0 spiro atoms. The lowest BCUT2D eigenvalue weighted by molar-refractivity contribution is -0.143. The van der Waals surface area contributed by atoms with Gasteiger partial charge in [0.1, 0.15) is 12.4 Å². The molecule has 1 aromatic rings. The number of rotatable bonds is 4. The van der Waals surface area contributed by atoms with Crippen molar-refractivity contribution in [1.29, 1.82) is 0 Å². The molecule has 0 fully saturated rings. The predicted molar refractivity (Wildman–Crippen MR) is 61.8 cm³/mol. The second-order valence-electron chi connectivity index (χ2n) is 3.91. The van der Waals surface area contributed by atoms with Crippen LogP contribution >= 0.6 is 11.6 Å². The minimum absolute atomic E-state index is 0.00884. The Balaban J connectivity index is 3.14. The van der Waals surface area contributed by atoms with Gasteiger partial charge in [0.2, 0.25) is 0 Å². The van der Waals surface area contributed by atoms with Crippen LogP contribution in [0.25, 0.3) is 0 Å². The van der Waals surface area contributed by atoms with E-state index in [1.165, 1.54) is 0 Å². The lowest BCUT2D eigenvalue weighted by atomic mass is 10.1. The smallest absolute Gasteiger partial charge is 0.416 e. The summed E-state index contributed by atoms with van der Waals surface area (Å²) in [6.07, 6.45) is -9.80. The van der Waals surface area contributed by atoms with Crippen molar-refractivity contribution in [3.8, 4) is 5.75 Å². The van der Waals surface area contributed by atoms with Crippen molar-refractivity contribution in [3.05, 3.63) is 41.5 Å². The van der Waals surface area contributed by atoms with E-state index in [-0.39, 0.29) is 18.6 Å². The molecule has 0 bridgehead atoms. The molecule has 0 N–H and O–H groups in total. The fraction of sp³-hybridized carbons (Fsp3) is 0.333. The Hall–Kier alpha value is -1.37. The van der Waals surface area contributed by atoms with Crippen molar-refractivity contribution in [2.24, 2.45) is 0 Å². The highest BCUT2D eigenvalue weighted by Crippen LogP contribution is 2.38. The molecule has 0 saturated carbocycles. The Bertz CT molecular complexity index is 459. The summed E-state index contributed by atoms with van der Waals surface area (Å²) in [5.74, 6) is -0.552. The lowest BCUT2D eigenvalue weighted by Crippen LogP contribution is -2.12. The van der Waals surface area contributed by atoms with Gasteiger partial charge < -0.3 is 4.74 Å². The third-order valence-corrected chi connectivity index (χ3v) is 2.57. The summed E-state index contributed by atoms with van der Waals surface area (Å²) in [6, 6.07) is 1.02. The minimum Gasteiger partial charge on any atom is -0.489 e. The highest BCUT2D eigenvalue weighted by atomic mass is 35.5. The SMILES string of the molecule is C=C(CCl)COc1cc(C(F)(F)F)cc(C(F)(F)F)c1. The van der Waals surface area contributed by atoms with Gasteiger partial charge in [0.15, 0.2) is 0 Å². The molecule has 1 nitrogen and oxygen atoms in total. The first-order valence-electron chi connectivity index (χ1n) is 5.19. The van der Waals surface area contributed by atoms with Gasteiger partial charge in [-0.15, -0.1) is 11.6 Å². The normalized spacial score (nSPS) is 12.3. The third kappa shape index (κ3) is 4.63. The third-order valence-electron chi connectivity index (χ3n) is 2.19. The fourth-order valence-corrected chi connectivity index (χ4v) is 1.31. The van der Waals surface area contributed by atoms with Gasteiger partial charge in [-0.2, -0.15) is 26.3 Å². The van der Waals surface area contributed by atoms with E-state index in [1.807, 2.05) is 0 Å². The van der Waals surface area contributed by atoms with Crippen molar-refractivity contribution >= 4 is 11.6 Å². The largest absolute Gasteiger partial charge is 0.489 e. The molecule has 0 heterocycles. The summed E-state index contributed by atoms with van der Waals surface area (Å²) in [5, 5.41) is 0. The second-order valence-corrected chi connectivity index (χ2v) is 4.18. The average Bonchev–Trinajstić information content (AvgIpc) is 2.33. The molecule has 1 aromatic carbocycles. The molecule has 112 valence electrons. The molecule has 0 radical (unpaired) electrons. The number of ether oxygens (including phenoxy) is 1. The van der Waals surface area contributed by atoms with E-state index in [2.05, 4.69) is 6.58 Å². The van der Waals surface area contributed by atoms with E-state index in [1.54, 1.807) is 0 Å². The Labute approximate surface area is 115 Å². The summed E-state index contributed by atoms with van der Waals surface area (Å²) >= 11 is 5.39. The lowest BCUT2D eigenvalue weighted by Gasteiger charge is -2.15. The highest BCUT2D eigenvalue weighted by molar-refractivity contribution is 6.19. The van der Waals surface area contributed by atoms with Crippen molar-refractivity contribution in [1.82, 2.24) is 0 Å². The Morgan fingerprint density at radius 1 is 1.00 bits per heavy atom. The fourth-order valence-electron chi connectivity index (χ4n) is 1.23. The monoisotopic (exact) mass is 318 g/mol. The summed E-state index contributed by atoms with van der Waals surface area (Å²) in [6.45, 7) is 3.17. The van der Waals surface area contributed by atoms with Gasteiger partial charge in [0, 0.05) is 5.88 Å². The predicted octanol–water partition coefficient (Wildman–Crippen LogP) is 4.90. The number of alkyl halides is 7. The Morgan fingerprint density at radius 2 is 1.45 bits per heavy atom. The first-order chi connectivity index (χ1) is 9.04. The number of halogens is 7. The van der Waals surface area contributed by atoms with Gasteiger partial charge in [-0.3, -0.25) is 0 Å². The maximum absolute atomic E-state index is 12.5. The summed E-state index contributed by atoms with van der Waals surface area (Å²) in [7, 11) is 0. The molecule has 0 amide bonds. The quantitative estimate of drug-likeness (QED) is 0.436. The van der Waals surface area contributed by atoms with E-state index < -0.39 is 29.2 Å². The van der Waals surface area contributed by atoms with Crippen LogP contribution < -0.4 is 4.74 Å². The number of hydrogen-bond acceptors (Lipinski definition) is 1. The van der Waals surface area contributed by atoms with Crippen LogP contribution in [0.3, 0.4) is 0 Å². The van der Waals surface area contributed by atoms with E-state index in [0.29, 0.717) is 17.7 Å². The van der Waals surface area contributed by atoms with Crippen LogP contribution in [-0.4, -0.2) is 12.5 Å². The van der Waals surface area contributed by atoms with Crippen molar-refractivity contribution in [2.75, 3.05) is 12.5 Å².